The molecule has 0 radical (unpaired) electrons. The Morgan fingerprint density at radius 3 is 2.26 bits per heavy atom. The number of phenols is 2. The molecular weight excluding hydrogens is 532 g/mol. The van der Waals surface area contributed by atoms with Gasteiger partial charge in [-0.3, -0.25) is 19.2 Å². The van der Waals surface area contributed by atoms with E-state index in [4.69, 9.17) is 20.3 Å². The highest BCUT2D eigenvalue weighted by molar-refractivity contribution is 8.00. The topological polar surface area (TPSA) is 210 Å². The van der Waals surface area contributed by atoms with Crippen LogP contribution in [0.3, 0.4) is 0 Å². The Balaban J connectivity index is 2.58. The molecule has 1 rings (SSSR count). The first-order valence-corrected chi connectivity index (χ1v) is 13.5. The molecule has 220 valence electrons. The number of hydrogen-bond acceptors (Lipinski definition) is 10. The van der Waals surface area contributed by atoms with Crippen LogP contribution in [-0.4, -0.2) is 84.2 Å². The van der Waals surface area contributed by atoms with Gasteiger partial charge in [0.1, 0.15) is 11.8 Å². The van der Waals surface area contributed by atoms with E-state index in [0.717, 1.165) is 11.8 Å². The number of carbonyl (C=O) groups is 4. The number of nitrogens with two attached hydrogens (primary N) is 1. The molecule has 0 saturated heterocycles. The Morgan fingerprint density at radius 2 is 1.67 bits per heavy atom. The number of nitrogens with one attached hydrogen (secondary N) is 3. The quantitative estimate of drug-likeness (QED) is 0.0747. The summed E-state index contributed by atoms with van der Waals surface area (Å²) < 4.78 is 10.1. The summed E-state index contributed by atoms with van der Waals surface area (Å²) in [5.41, 5.74) is 5.89. The van der Waals surface area contributed by atoms with Gasteiger partial charge in [-0.25, -0.2) is 0 Å². The van der Waals surface area contributed by atoms with E-state index in [1.807, 2.05) is 0 Å². The van der Waals surface area contributed by atoms with Gasteiger partial charge in [-0.2, -0.15) is 0 Å². The summed E-state index contributed by atoms with van der Waals surface area (Å²) in [6.45, 7) is 4.05. The van der Waals surface area contributed by atoms with Crippen molar-refractivity contribution in [3.05, 3.63) is 6.07 Å². The Labute approximate surface area is 232 Å². The van der Waals surface area contributed by atoms with Crippen LogP contribution in [0.5, 0.6) is 23.0 Å². The zero-order chi connectivity index (χ0) is 29.5. The molecule has 13 nitrogen and oxygen atoms in total. The third-order valence-corrected chi connectivity index (χ3v) is 6.78. The molecule has 3 amide bonds. The lowest BCUT2D eigenvalue weighted by atomic mass is 10.0. The highest BCUT2D eigenvalue weighted by Crippen LogP contribution is 2.48. The van der Waals surface area contributed by atoms with Gasteiger partial charge in [0.2, 0.25) is 23.5 Å². The standard InChI is InChI=1S/C25H40N4O9S/c1-14(2)20(26)25(36)29-15(24(35)28-11-7-9-19(32)33)8-5-6-10-27-18(31)13-39-23-16(30)12-17(37-3)21(34)22(23)38-4/h12,14-15,20,30,34H,5-11,13,26H2,1-4H3,(H,27,31)(H,28,35)(H,29,36)(H,32,33)/t15-,20+/m0/s1. The number of benzene rings is 1. The largest absolute Gasteiger partial charge is 0.506 e. The Morgan fingerprint density at radius 1 is 1.00 bits per heavy atom. The lowest BCUT2D eigenvalue weighted by Gasteiger charge is -2.22. The number of carbonyl (C=O) groups excluding carboxylic acids is 3. The van der Waals surface area contributed by atoms with E-state index in [-0.39, 0.29) is 64.9 Å². The van der Waals surface area contributed by atoms with Crippen LogP contribution in [0.25, 0.3) is 0 Å². The van der Waals surface area contributed by atoms with E-state index >= 15 is 0 Å². The number of amides is 3. The maximum atomic E-state index is 12.6. The van der Waals surface area contributed by atoms with E-state index in [1.165, 1.54) is 20.3 Å². The average molecular weight is 573 g/mol. The van der Waals surface area contributed by atoms with Crippen molar-refractivity contribution in [2.24, 2.45) is 11.7 Å². The number of phenolic OH excluding ortho intramolecular Hbond substituents is 2. The van der Waals surface area contributed by atoms with Crippen LogP contribution in [0, 0.1) is 5.92 Å². The minimum absolute atomic E-state index is 0.00355. The summed E-state index contributed by atoms with van der Waals surface area (Å²) >= 11 is 0.984. The number of aliphatic carboxylic acids is 1. The zero-order valence-electron chi connectivity index (χ0n) is 22.7. The van der Waals surface area contributed by atoms with Crippen LogP contribution < -0.4 is 31.2 Å². The number of rotatable bonds is 18. The van der Waals surface area contributed by atoms with E-state index in [1.54, 1.807) is 13.8 Å². The van der Waals surface area contributed by atoms with Crippen molar-refractivity contribution in [3.8, 4) is 23.0 Å². The van der Waals surface area contributed by atoms with Crippen molar-refractivity contribution in [2.75, 3.05) is 33.1 Å². The normalized spacial score (nSPS) is 12.4. The van der Waals surface area contributed by atoms with Crippen molar-refractivity contribution in [2.45, 2.75) is 62.9 Å². The van der Waals surface area contributed by atoms with Gasteiger partial charge < -0.3 is 46.5 Å². The van der Waals surface area contributed by atoms with Gasteiger partial charge in [0, 0.05) is 25.6 Å². The zero-order valence-corrected chi connectivity index (χ0v) is 23.6. The van der Waals surface area contributed by atoms with E-state index in [9.17, 15) is 29.4 Å². The second-order valence-electron chi connectivity index (χ2n) is 9.06. The second-order valence-corrected chi connectivity index (χ2v) is 10.0. The number of thioether (sulfide) groups is 1. The molecule has 0 heterocycles. The fourth-order valence-corrected chi connectivity index (χ4v) is 4.28. The van der Waals surface area contributed by atoms with E-state index in [2.05, 4.69) is 16.0 Å². The monoisotopic (exact) mass is 572 g/mol. The fraction of sp³-hybridized carbons (Fsp3) is 0.600. The minimum Gasteiger partial charge on any atom is -0.506 e. The van der Waals surface area contributed by atoms with Gasteiger partial charge in [-0.15, -0.1) is 11.8 Å². The molecule has 0 aromatic heterocycles. The molecule has 0 unspecified atom stereocenters. The van der Waals surface area contributed by atoms with Crippen LogP contribution in [-0.2, 0) is 19.2 Å². The summed E-state index contributed by atoms with van der Waals surface area (Å²) in [6, 6.07) is -0.407. The smallest absolute Gasteiger partial charge is 0.303 e. The van der Waals surface area contributed by atoms with Gasteiger partial charge in [0.15, 0.2) is 11.5 Å². The van der Waals surface area contributed by atoms with Gasteiger partial charge in [-0.1, -0.05) is 13.8 Å². The molecule has 2 atom stereocenters. The summed E-state index contributed by atoms with van der Waals surface area (Å²) in [6.07, 6.45) is 1.49. The SMILES string of the molecule is COc1cc(O)c(SCC(=O)NCCCC[C@H](NC(=O)[C@H](N)C(C)C)C(=O)NCCCC(=O)O)c(OC)c1O. The highest BCUT2D eigenvalue weighted by atomic mass is 32.2. The molecule has 1 aromatic carbocycles. The third-order valence-electron chi connectivity index (χ3n) is 5.69. The number of carboxylic acid groups (broad SMARTS) is 1. The molecule has 39 heavy (non-hydrogen) atoms. The van der Waals surface area contributed by atoms with Crippen molar-refractivity contribution in [1.82, 2.24) is 16.0 Å². The molecule has 0 spiro atoms. The van der Waals surface area contributed by atoms with Crippen LogP contribution in [0.4, 0.5) is 0 Å². The molecule has 0 aliphatic carbocycles. The van der Waals surface area contributed by atoms with Gasteiger partial charge in [0.25, 0.3) is 0 Å². The Hall–Kier alpha value is -3.39. The first kappa shape index (κ1) is 33.6. The number of aromatic hydroxyl groups is 2. The number of ether oxygens (including phenoxy) is 2. The van der Waals surface area contributed by atoms with Gasteiger partial charge in [0.05, 0.1) is 30.9 Å². The lowest BCUT2D eigenvalue weighted by Crippen LogP contribution is -2.53. The summed E-state index contributed by atoms with van der Waals surface area (Å²) in [4.78, 5) is 48.2. The molecular formula is C25H40N4O9S. The Kier molecular flexibility index (Phi) is 14.9. The van der Waals surface area contributed by atoms with Crippen molar-refractivity contribution < 1.29 is 44.0 Å². The van der Waals surface area contributed by atoms with Crippen LogP contribution in [0.15, 0.2) is 11.0 Å². The molecule has 0 aliphatic heterocycles. The second kappa shape index (κ2) is 17.2. The van der Waals surface area contributed by atoms with Crippen LogP contribution >= 0.6 is 11.8 Å². The average Bonchev–Trinajstić information content (AvgIpc) is 2.89. The predicted octanol–water partition coefficient (Wildman–Crippen LogP) is 0.943. The van der Waals surface area contributed by atoms with Gasteiger partial charge >= 0.3 is 5.97 Å². The number of unbranched alkanes of at least 4 members (excludes halogenated alkanes) is 1. The summed E-state index contributed by atoms with van der Waals surface area (Å²) in [5.74, 6) is -2.80. The summed E-state index contributed by atoms with van der Waals surface area (Å²) in [7, 11) is 2.65. The molecule has 14 heteroatoms. The molecule has 0 fully saturated rings. The molecule has 0 aliphatic rings. The van der Waals surface area contributed by atoms with Crippen molar-refractivity contribution >= 4 is 35.5 Å². The molecule has 8 N–H and O–H groups in total. The maximum absolute atomic E-state index is 12.6. The fourth-order valence-electron chi connectivity index (χ4n) is 3.38. The lowest BCUT2D eigenvalue weighted by molar-refractivity contribution is -0.137. The number of carboxylic acids is 1. The van der Waals surface area contributed by atoms with E-state index < -0.39 is 29.9 Å². The molecule has 0 bridgehead atoms. The van der Waals surface area contributed by atoms with Crippen molar-refractivity contribution in [1.29, 1.82) is 0 Å². The third kappa shape index (κ3) is 11.5. The maximum Gasteiger partial charge on any atom is 0.303 e. The van der Waals surface area contributed by atoms with Crippen LogP contribution in [0.2, 0.25) is 0 Å². The van der Waals surface area contributed by atoms with E-state index in [0.29, 0.717) is 25.8 Å². The number of hydrogen-bond donors (Lipinski definition) is 7. The minimum atomic E-state index is -0.962. The molecule has 0 saturated carbocycles. The number of methoxy groups -OCH3 is 2. The first-order valence-electron chi connectivity index (χ1n) is 12.5. The van der Waals surface area contributed by atoms with Crippen LogP contribution in [0.1, 0.15) is 46.0 Å². The molecule has 1 aromatic rings. The van der Waals surface area contributed by atoms with Gasteiger partial charge in [-0.05, 0) is 31.6 Å². The Bertz CT molecular complexity index is 991. The summed E-state index contributed by atoms with van der Waals surface area (Å²) in [5, 5.41) is 37.2. The van der Waals surface area contributed by atoms with Crippen molar-refractivity contribution in [3.63, 3.8) is 0 Å². The first-order chi connectivity index (χ1) is 18.4. The highest BCUT2D eigenvalue weighted by Gasteiger charge is 2.25. The predicted molar refractivity (Wildman–Crippen MR) is 145 cm³/mol.